The van der Waals surface area contributed by atoms with E-state index in [0.29, 0.717) is 6.61 Å². The van der Waals surface area contributed by atoms with Crippen LogP contribution in [0.3, 0.4) is 0 Å². The van der Waals surface area contributed by atoms with Gasteiger partial charge in [0.1, 0.15) is 5.75 Å². The van der Waals surface area contributed by atoms with Crippen molar-refractivity contribution in [3.8, 4) is 17.0 Å². The van der Waals surface area contributed by atoms with Crippen LogP contribution in [0.4, 0.5) is 0 Å². The van der Waals surface area contributed by atoms with Crippen molar-refractivity contribution < 1.29 is 4.74 Å². The fourth-order valence-electron chi connectivity index (χ4n) is 2.05. The Bertz CT molecular complexity index is 661. The van der Waals surface area contributed by atoms with Gasteiger partial charge in [0, 0.05) is 16.3 Å². The zero-order valence-corrected chi connectivity index (χ0v) is 10.9. The van der Waals surface area contributed by atoms with E-state index < -0.39 is 0 Å². The molecule has 3 aromatic rings. The molecule has 1 heterocycles. The lowest BCUT2D eigenvalue weighted by molar-refractivity contribution is 0.344. The van der Waals surface area contributed by atoms with Gasteiger partial charge in [-0.15, -0.1) is 11.3 Å². The molecule has 3 rings (SSSR count). The number of hydrogen-bond donors (Lipinski definition) is 0. The molecule has 18 heavy (non-hydrogen) atoms. The van der Waals surface area contributed by atoms with Gasteiger partial charge in [-0.25, -0.2) is 4.98 Å². The van der Waals surface area contributed by atoms with Gasteiger partial charge in [-0.05, 0) is 24.4 Å². The molecule has 0 bridgehead atoms. The first-order valence-electron chi connectivity index (χ1n) is 5.92. The topological polar surface area (TPSA) is 22.1 Å². The van der Waals surface area contributed by atoms with Crippen LogP contribution in [0.15, 0.2) is 47.3 Å². The summed E-state index contributed by atoms with van der Waals surface area (Å²) in [4.78, 5) is 4.36. The zero-order chi connectivity index (χ0) is 12.4. The van der Waals surface area contributed by atoms with Crippen molar-refractivity contribution >= 4 is 22.1 Å². The Balaban J connectivity index is 2.23. The minimum absolute atomic E-state index is 0.671. The molecule has 0 radical (unpaired) electrons. The van der Waals surface area contributed by atoms with Gasteiger partial charge in [-0.3, -0.25) is 0 Å². The molecular formula is C15H13NOS. The summed E-state index contributed by atoms with van der Waals surface area (Å²) in [6, 6.07) is 12.5. The van der Waals surface area contributed by atoms with Crippen LogP contribution in [-0.2, 0) is 0 Å². The van der Waals surface area contributed by atoms with Crippen LogP contribution in [0, 0.1) is 0 Å². The minimum Gasteiger partial charge on any atom is -0.493 e. The molecule has 0 atom stereocenters. The Kier molecular flexibility index (Phi) is 2.99. The van der Waals surface area contributed by atoms with Crippen LogP contribution in [0.5, 0.6) is 5.75 Å². The maximum Gasteiger partial charge on any atom is 0.127 e. The van der Waals surface area contributed by atoms with Crippen LogP contribution in [-0.4, -0.2) is 11.6 Å². The fourth-order valence-corrected chi connectivity index (χ4v) is 2.61. The van der Waals surface area contributed by atoms with E-state index in [1.54, 1.807) is 11.3 Å². The molecule has 1 aromatic heterocycles. The SMILES string of the molecule is CCOc1cc(-c2cscn2)cc2ccccc12. The van der Waals surface area contributed by atoms with E-state index >= 15 is 0 Å². The van der Waals surface area contributed by atoms with Gasteiger partial charge in [0.2, 0.25) is 0 Å². The third kappa shape index (κ3) is 1.97. The molecule has 2 nitrogen and oxygen atoms in total. The summed E-state index contributed by atoms with van der Waals surface area (Å²) in [5, 5.41) is 4.39. The van der Waals surface area contributed by atoms with Crippen LogP contribution in [0.2, 0.25) is 0 Å². The summed E-state index contributed by atoms with van der Waals surface area (Å²) in [5.41, 5.74) is 3.97. The van der Waals surface area contributed by atoms with Crippen molar-refractivity contribution in [2.45, 2.75) is 6.92 Å². The molecule has 0 amide bonds. The second kappa shape index (κ2) is 4.78. The van der Waals surface area contributed by atoms with Crippen molar-refractivity contribution in [2.75, 3.05) is 6.61 Å². The Morgan fingerprint density at radius 2 is 2.11 bits per heavy atom. The number of fused-ring (bicyclic) bond motifs is 1. The predicted molar refractivity (Wildman–Crippen MR) is 76.2 cm³/mol. The first-order valence-corrected chi connectivity index (χ1v) is 6.87. The summed E-state index contributed by atoms with van der Waals surface area (Å²) < 4.78 is 5.73. The third-order valence-electron chi connectivity index (χ3n) is 2.85. The van der Waals surface area contributed by atoms with Gasteiger partial charge in [-0.2, -0.15) is 0 Å². The molecule has 0 fully saturated rings. The summed E-state index contributed by atoms with van der Waals surface area (Å²) >= 11 is 1.61. The van der Waals surface area contributed by atoms with E-state index in [4.69, 9.17) is 4.74 Å². The quantitative estimate of drug-likeness (QED) is 0.693. The lowest BCUT2D eigenvalue weighted by Crippen LogP contribution is -1.93. The van der Waals surface area contributed by atoms with Gasteiger partial charge in [0.05, 0.1) is 17.8 Å². The molecule has 2 aromatic carbocycles. The first kappa shape index (κ1) is 11.2. The van der Waals surface area contributed by atoms with Gasteiger partial charge >= 0.3 is 0 Å². The predicted octanol–water partition coefficient (Wildman–Crippen LogP) is 4.36. The zero-order valence-electron chi connectivity index (χ0n) is 10.1. The largest absolute Gasteiger partial charge is 0.493 e. The fraction of sp³-hybridized carbons (Fsp3) is 0.133. The van der Waals surface area contributed by atoms with Gasteiger partial charge < -0.3 is 4.74 Å². The number of benzene rings is 2. The number of hydrogen-bond acceptors (Lipinski definition) is 3. The van der Waals surface area contributed by atoms with Gasteiger partial charge in [-0.1, -0.05) is 24.3 Å². The maximum absolute atomic E-state index is 5.73. The molecule has 90 valence electrons. The first-order chi connectivity index (χ1) is 8.88. The summed E-state index contributed by atoms with van der Waals surface area (Å²) in [5.74, 6) is 0.929. The van der Waals surface area contributed by atoms with E-state index in [1.807, 2.05) is 24.6 Å². The molecule has 0 unspecified atom stereocenters. The second-order valence-electron chi connectivity index (χ2n) is 4.00. The highest BCUT2D eigenvalue weighted by molar-refractivity contribution is 7.07. The van der Waals surface area contributed by atoms with Crippen molar-refractivity contribution in [1.82, 2.24) is 4.98 Å². The van der Waals surface area contributed by atoms with Crippen LogP contribution in [0.1, 0.15) is 6.92 Å². The van der Waals surface area contributed by atoms with Gasteiger partial charge in [0.15, 0.2) is 0 Å². The van der Waals surface area contributed by atoms with Crippen molar-refractivity contribution in [3.05, 3.63) is 47.3 Å². The number of aromatic nitrogens is 1. The molecular weight excluding hydrogens is 242 g/mol. The maximum atomic E-state index is 5.73. The molecule has 0 saturated heterocycles. The Labute approximate surface area is 110 Å². The van der Waals surface area contributed by atoms with Crippen molar-refractivity contribution in [1.29, 1.82) is 0 Å². The number of rotatable bonds is 3. The van der Waals surface area contributed by atoms with Gasteiger partial charge in [0.25, 0.3) is 0 Å². The molecule has 0 saturated carbocycles. The average molecular weight is 255 g/mol. The number of nitrogens with zero attached hydrogens (tertiary/aromatic N) is 1. The van der Waals surface area contributed by atoms with Crippen molar-refractivity contribution in [2.24, 2.45) is 0 Å². The van der Waals surface area contributed by atoms with Crippen LogP contribution in [0.25, 0.3) is 22.0 Å². The molecule has 0 aliphatic carbocycles. The van der Waals surface area contributed by atoms with E-state index in [0.717, 1.165) is 22.4 Å². The highest BCUT2D eigenvalue weighted by Gasteiger charge is 2.07. The monoisotopic (exact) mass is 255 g/mol. The highest BCUT2D eigenvalue weighted by atomic mass is 32.1. The van der Waals surface area contributed by atoms with Crippen LogP contribution < -0.4 is 4.74 Å². The summed E-state index contributed by atoms with van der Waals surface area (Å²) in [6.45, 7) is 2.68. The molecule has 0 aliphatic rings. The Morgan fingerprint density at radius 3 is 2.89 bits per heavy atom. The third-order valence-corrected chi connectivity index (χ3v) is 3.44. The van der Waals surface area contributed by atoms with E-state index in [2.05, 4.69) is 34.6 Å². The normalized spacial score (nSPS) is 10.7. The number of ether oxygens (including phenoxy) is 1. The standard InChI is InChI=1S/C15H13NOS/c1-2-17-15-8-12(14-9-18-10-16-14)7-11-5-3-4-6-13(11)15/h3-10H,2H2,1H3. The van der Waals surface area contributed by atoms with Crippen LogP contribution >= 0.6 is 11.3 Å². The molecule has 3 heteroatoms. The smallest absolute Gasteiger partial charge is 0.127 e. The Hall–Kier alpha value is -1.87. The average Bonchev–Trinajstić information content (AvgIpc) is 2.93. The lowest BCUT2D eigenvalue weighted by atomic mass is 10.0. The molecule has 0 spiro atoms. The van der Waals surface area contributed by atoms with E-state index in [9.17, 15) is 0 Å². The van der Waals surface area contributed by atoms with Crippen molar-refractivity contribution in [3.63, 3.8) is 0 Å². The van der Waals surface area contributed by atoms with E-state index in [1.165, 1.54) is 5.39 Å². The highest BCUT2D eigenvalue weighted by Crippen LogP contribution is 2.32. The summed E-state index contributed by atoms with van der Waals surface area (Å²) in [6.07, 6.45) is 0. The lowest BCUT2D eigenvalue weighted by Gasteiger charge is -2.09. The number of thiazole rings is 1. The molecule has 0 N–H and O–H groups in total. The minimum atomic E-state index is 0.671. The van der Waals surface area contributed by atoms with E-state index in [-0.39, 0.29) is 0 Å². The Morgan fingerprint density at radius 1 is 1.22 bits per heavy atom. The summed E-state index contributed by atoms with van der Waals surface area (Å²) in [7, 11) is 0. The second-order valence-corrected chi connectivity index (χ2v) is 4.72. The molecule has 0 aliphatic heterocycles.